The molecule has 0 saturated heterocycles. The van der Waals surface area contributed by atoms with Gasteiger partial charge in [0.1, 0.15) is 5.82 Å². The van der Waals surface area contributed by atoms with Gasteiger partial charge < -0.3 is 15.6 Å². The molecule has 0 radical (unpaired) electrons. The highest BCUT2D eigenvalue weighted by molar-refractivity contribution is 7.09. The summed E-state index contributed by atoms with van der Waals surface area (Å²) in [5.74, 6) is 0.972. The highest BCUT2D eigenvalue weighted by Gasteiger charge is 2.27. The Balaban J connectivity index is 1.52. The first-order valence-electron chi connectivity index (χ1n) is 9.96. The Morgan fingerprint density at radius 1 is 1.13 bits per heavy atom. The molecule has 0 bridgehead atoms. The fourth-order valence-electron chi connectivity index (χ4n) is 3.79. The third-order valence-electron chi connectivity index (χ3n) is 5.21. The van der Waals surface area contributed by atoms with Crippen molar-refractivity contribution < 1.29 is 4.79 Å². The number of pyridine rings is 1. The van der Waals surface area contributed by atoms with Crippen molar-refractivity contribution in [2.45, 2.75) is 25.8 Å². The van der Waals surface area contributed by atoms with Gasteiger partial charge in [-0.05, 0) is 37.1 Å². The molecule has 3 heterocycles. The molecule has 30 heavy (non-hydrogen) atoms. The van der Waals surface area contributed by atoms with Crippen molar-refractivity contribution in [3.63, 3.8) is 0 Å². The number of nitrogens with zero attached hydrogens (tertiary/aromatic N) is 2. The highest BCUT2D eigenvalue weighted by atomic mass is 32.1. The number of aromatic amines is 1. The number of benzene rings is 1. The topological polar surface area (TPSA) is 82.7 Å². The van der Waals surface area contributed by atoms with Crippen LogP contribution in [0.5, 0.6) is 0 Å². The number of Topliss-reactive ketones (excluding diaryl/α,β-unsaturated/α-hetero) is 1. The van der Waals surface area contributed by atoms with Gasteiger partial charge in [-0.2, -0.15) is 0 Å². The number of H-pyrrole nitrogens is 1. The second-order valence-corrected chi connectivity index (χ2v) is 8.22. The van der Waals surface area contributed by atoms with Crippen molar-refractivity contribution in [2.24, 2.45) is 0 Å². The van der Waals surface area contributed by atoms with Gasteiger partial charge in [-0.1, -0.05) is 18.2 Å². The Bertz CT molecular complexity index is 1170. The zero-order valence-electron chi connectivity index (χ0n) is 16.3. The molecule has 3 aromatic heterocycles. The summed E-state index contributed by atoms with van der Waals surface area (Å²) in [7, 11) is 0. The second-order valence-electron chi connectivity index (χ2n) is 7.25. The number of nitrogens with one attached hydrogen (secondary N) is 3. The predicted octanol–water partition coefficient (Wildman–Crippen LogP) is 5.41. The number of fused-ring (bicyclic) bond motifs is 1. The molecule has 7 heteroatoms. The Morgan fingerprint density at radius 3 is 2.87 bits per heavy atom. The number of thiazole rings is 1. The summed E-state index contributed by atoms with van der Waals surface area (Å²) in [4.78, 5) is 26.0. The molecule has 6 nitrogen and oxygen atoms in total. The van der Waals surface area contributed by atoms with Crippen molar-refractivity contribution in [3.05, 3.63) is 76.5 Å². The van der Waals surface area contributed by atoms with E-state index in [2.05, 4.69) is 25.6 Å². The van der Waals surface area contributed by atoms with Crippen LogP contribution in [0.2, 0.25) is 0 Å². The lowest BCUT2D eigenvalue weighted by atomic mass is 9.95. The van der Waals surface area contributed by atoms with Crippen LogP contribution in [0.25, 0.3) is 11.3 Å². The summed E-state index contributed by atoms with van der Waals surface area (Å²) in [5, 5.41) is 6.84. The van der Waals surface area contributed by atoms with E-state index in [1.807, 2.05) is 54.2 Å². The van der Waals surface area contributed by atoms with Gasteiger partial charge in [0.2, 0.25) is 0 Å². The molecule has 0 aliphatic heterocycles. The fraction of sp³-hybridized carbons (Fsp3) is 0.174. The summed E-state index contributed by atoms with van der Waals surface area (Å²) >= 11 is 1.61. The molecule has 0 spiro atoms. The normalized spacial score (nSPS) is 13.1. The number of para-hydroxylation sites is 1. The van der Waals surface area contributed by atoms with E-state index >= 15 is 0 Å². The van der Waals surface area contributed by atoms with Crippen molar-refractivity contribution in [3.8, 4) is 11.3 Å². The molecular weight excluding hydrogens is 394 g/mol. The maximum Gasteiger partial charge on any atom is 0.166 e. The minimum atomic E-state index is 0.190. The molecule has 0 saturated carbocycles. The van der Waals surface area contributed by atoms with E-state index < -0.39 is 0 Å². The Hall–Kier alpha value is -3.45. The van der Waals surface area contributed by atoms with Crippen LogP contribution >= 0.6 is 11.3 Å². The zero-order chi connectivity index (χ0) is 20.3. The molecule has 1 aromatic carbocycles. The van der Waals surface area contributed by atoms with Crippen LogP contribution in [0.3, 0.4) is 0 Å². The van der Waals surface area contributed by atoms with Gasteiger partial charge in [-0.15, -0.1) is 11.3 Å². The first-order chi connectivity index (χ1) is 14.8. The minimum Gasteiger partial charge on any atom is -0.365 e. The Labute approximate surface area is 178 Å². The summed E-state index contributed by atoms with van der Waals surface area (Å²) in [6.07, 6.45) is 6.00. The number of aryl methyl sites for hydroxylation is 1. The highest BCUT2D eigenvalue weighted by Crippen LogP contribution is 2.39. The van der Waals surface area contributed by atoms with Gasteiger partial charge in [-0.3, -0.25) is 9.78 Å². The van der Waals surface area contributed by atoms with E-state index in [0.29, 0.717) is 13.0 Å². The quantitative estimate of drug-likeness (QED) is 0.392. The van der Waals surface area contributed by atoms with Crippen molar-refractivity contribution in [2.75, 3.05) is 10.6 Å². The summed E-state index contributed by atoms with van der Waals surface area (Å²) in [5.41, 5.74) is 7.33. The average Bonchev–Trinajstić information content (AvgIpc) is 3.42. The summed E-state index contributed by atoms with van der Waals surface area (Å²) < 4.78 is 0. The number of hydrogen-bond donors (Lipinski definition) is 3. The van der Waals surface area contributed by atoms with Crippen LogP contribution in [-0.2, 0) is 13.0 Å². The van der Waals surface area contributed by atoms with Gasteiger partial charge in [0, 0.05) is 40.6 Å². The lowest BCUT2D eigenvalue weighted by Gasteiger charge is -2.14. The van der Waals surface area contributed by atoms with Crippen LogP contribution in [0.15, 0.2) is 60.4 Å². The van der Waals surface area contributed by atoms with Crippen LogP contribution in [0.4, 0.5) is 17.2 Å². The van der Waals surface area contributed by atoms with E-state index in [4.69, 9.17) is 0 Å². The zero-order valence-corrected chi connectivity index (χ0v) is 17.1. The van der Waals surface area contributed by atoms with E-state index in [1.165, 1.54) is 0 Å². The molecule has 5 rings (SSSR count). The maximum atomic E-state index is 12.8. The van der Waals surface area contributed by atoms with E-state index in [-0.39, 0.29) is 5.78 Å². The largest absolute Gasteiger partial charge is 0.365 e. The van der Waals surface area contributed by atoms with E-state index in [1.54, 1.807) is 17.5 Å². The van der Waals surface area contributed by atoms with Crippen LogP contribution in [0.1, 0.15) is 33.8 Å². The molecule has 1 aliphatic carbocycles. The van der Waals surface area contributed by atoms with Crippen molar-refractivity contribution in [1.29, 1.82) is 0 Å². The molecule has 150 valence electrons. The minimum absolute atomic E-state index is 0.190. The number of aromatic nitrogens is 3. The summed E-state index contributed by atoms with van der Waals surface area (Å²) in [6.45, 7) is 0.677. The third kappa shape index (κ3) is 3.71. The molecule has 1 aliphatic rings. The number of hydrogen-bond acceptors (Lipinski definition) is 6. The standard InChI is InChI=1S/C23H21N5OS/c29-19-8-4-7-18-21(19)23(27-16-5-2-1-3-6-16)22(28-18)15-9-10-25-20(11-15)26-13-17-12-24-14-30-17/h1-3,5-6,9-12,14,27-28H,4,7-8,13H2,(H,25,26). The van der Waals surface area contributed by atoms with Gasteiger partial charge in [0.05, 0.1) is 29.0 Å². The number of carbonyl (C=O) groups is 1. The van der Waals surface area contributed by atoms with Crippen molar-refractivity contribution >= 4 is 34.3 Å². The molecule has 3 N–H and O–H groups in total. The lowest BCUT2D eigenvalue weighted by molar-refractivity contribution is 0.0973. The first-order valence-corrected chi connectivity index (χ1v) is 10.8. The second kappa shape index (κ2) is 8.12. The van der Waals surface area contributed by atoms with Crippen LogP contribution < -0.4 is 10.6 Å². The molecular formula is C23H21N5OS. The molecule has 0 fully saturated rings. The van der Waals surface area contributed by atoms with Gasteiger partial charge in [0.15, 0.2) is 5.78 Å². The SMILES string of the molecule is O=C1CCCc2[nH]c(-c3ccnc(NCc4cncs4)c3)c(Nc3ccccc3)c21. The van der Waals surface area contributed by atoms with Crippen molar-refractivity contribution in [1.82, 2.24) is 15.0 Å². The lowest BCUT2D eigenvalue weighted by Crippen LogP contribution is -2.10. The molecule has 0 amide bonds. The third-order valence-corrected chi connectivity index (χ3v) is 5.99. The Morgan fingerprint density at radius 2 is 2.03 bits per heavy atom. The average molecular weight is 416 g/mol. The Kier molecular flexibility index (Phi) is 5.03. The first kappa shape index (κ1) is 18.6. The van der Waals surface area contributed by atoms with Crippen LogP contribution in [0, 0.1) is 0 Å². The molecule has 0 atom stereocenters. The number of carbonyl (C=O) groups excluding carboxylic acids is 1. The van der Waals surface area contributed by atoms with Gasteiger partial charge in [0.25, 0.3) is 0 Å². The monoisotopic (exact) mass is 415 g/mol. The number of anilines is 3. The van der Waals surface area contributed by atoms with E-state index in [0.717, 1.165) is 57.4 Å². The number of rotatable bonds is 6. The smallest absolute Gasteiger partial charge is 0.166 e. The molecule has 0 unspecified atom stereocenters. The maximum absolute atomic E-state index is 12.8. The predicted molar refractivity (Wildman–Crippen MR) is 120 cm³/mol. The van der Waals surface area contributed by atoms with Crippen LogP contribution in [-0.4, -0.2) is 20.7 Å². The molecule has 4 aromatic rings. The van der Waals surface area contributed by atoms with Gasteiger partial charge in [-0.25, -0.2) is 4.98 Å². The van der Waals surface area contributed by atoms with E-state index in [9.17, 15) is 4.79 Å². The number of ketones is 1. The van der Waals surface area contributed by atoms with Gasteiger partial charge >= 0.3 is 0 Å². The fourth-order valence-corrected chi connectivity index (χ4v) is 4.33. The summed E-state index contributed by atoms with van der Waals surface area (Å²) in [6, 6.07) is 13.9.